The Morgan fingerprint density at radius 1 is 0.771 bits per heavy atom. The second kappa shape index (κ2) is 10.8. The molecule has 186 valence electrons. The van der Waals surface area contributed by atoms with Crippen LogP contribution < -0.4 is 14.8 Å². The molecule has 0 aliphatic rings. The van der Waals surface area contributed by atoms with Gasteiger partial charge in [0.05, 0.1) is 5.75 Å². The first kappa shape index (κ1) is 26.1. The van der Waals surface area contributed by atoms with Crippen LogP contribution in [0.15, 0.2) is 72.8 Å². The van der Waals surface area contributed by atoms with Gasteiger partial charge in [-0.2, -0.15) is 0 Å². The van der Waals surface area contributed by atoms with Crippen molar-refractivity contribution in [2.45, 2.75) is 24.2 Å². The minimum Gasteiger partial charge on any atom is -0.406 e. The minimum absolute atomic E-state index is 0.0251. The van der Waals surface area contributed by atoms with E-state index in [0.717, 1.165) is 24.3 Å². The standard InChI is InChI=1S/C23H17F6NO4S/c24-22(25,26)33-18-9-6-15(7-10-18)13-35(32)14-17-8-11-19(34-23(27,28)29)12-20(17)30-21(31)16-4-2-1-3-5-16/h1-12H,13-14H2,(H,30,31)/t35-/m0/s1. The van der Waals surface area contributed by atoms with E-state index in [9.17, 15) is 35.3 Å². The summed E-state index contributed by atoms with van der Waals surface area (Å²) in [7, 11) is -1.62. The van der Waals surface area contributed by atoms with Crippen LogP contribution in [0.25, 0.3) is 0 Å². The molecule has 0 bridgehead atoms. The summed E-state index contributed by atoms with van der Waals surface area (Å²) in [6.07, 6.45) is -9.79. The SMILES string of the molecule is O=C(Nc1cc(OC(F)(F)F)ccc1C[S@@](=O)Cc1ccc(OC(F)(F)F)cc1)c1ccccc1. The number of rotatable bonds is 8. The van der Waals surface area contributed by atoms with Crippen LogP contribution in [0.5, 0.6) is 11.5 Å². The Labute approximate surface area is 198 Å². The molecule has 0 heterocycles. The topological polar surface area (TPSA) is 64.6 Å². The van der Waals surface area contributed by atoms with Crippen LogP contribution in [0, 0.1) is 0 Å². The van der Waals surface area contributed by atoms with Gasteiger partial charge in [-0.1, -0.05) is 36.4 Å². The summed E-state index contributed by atoms with van der Waals surface area (Å²) in [5.74, 6) is -1.81. The number of hydrogen-bond acceptors (Lipinski definition) is 4. The van der Waals surface area contributed by atoms with Gasteiger partial charge < -0.3 is 14.8 Å². The van der Waals surface area contributed by atoms with E-state index >= 15 is 0 Å². The number of hydrogen-bond donors (Lipinski definition) is 1. The Hall–Kier alpha value is -3.54. The zero-order chi connectivity index (χ0) is 25.6. The molecule has 12 heteroatoms. The summed E-state index contributed by atoms with van der Waals surface area (Å²) in [5, 5.41) is 2.51. The van der Waals surface area contributed by atoms with E-state index in [4.69, 9.17) is 0 Å². The number of carbonyl (C=O) groups excluding carboxylic acids is 1. The number of carbonyl (C=O) groups is 1. The normalized spacial score (nSPS) is 12.6. The van der Waals surface area contributed by atoms with E-state index in [-0.39, 0.29) is 28.3 Å². The van der Waals surface area contributed by atoms with Crippen molar-refractivity contribution in [1.29, 1.82) is 0 Å². The quantitative estimate of drug-likeness (QED) is 0.362. The van der Waals surface area contributed by atoms with Crippen molar-refractivity contribution in [1.82, 2.24) is 0 Å². The molecule has 0 saturated heterocycles. The molecule has 0 spiro atoms. The van der Waals surface area contributed by atoms with Crippen molar-refractivity contribution in [3.63, 3.8) is 0 Å². The van der Waals surface area contributed by atoms with Crippen LogP contribution in [0.3, 0.4) is 0 Å². The van der Waals surface area contributed by atoms with Crippen molar-refractivity contribution in [3.8, 4) is 11.5 Å². The first-order valence-corrected chi connectivity index (χ1v) is 11.3. The first-order valence-electron chi connectivity index (χ1n) is 9.83. The fourth-order valence-electron chi connectivity index (χ4n) is 2.98. The zero-order valence-electron chi connectivity index (χ0n) is 17.7. The predicted octanol–water partition coefficient (Wildman–Crippen LogP) is 6.19. The third-order valence-electron chi connectivity index (χ3n) is 4.40. The van der Waals surface area contributed by atoms with E-state index in [2.05, 4.69) is 14.8 Å². The Balaban J connectivity index is 1.76. The van der Waals surface area contributed by atoms with Crippen LogP contribution in [-0.2, 0) is 22.3 Å². The lowest BCUT2D eigenvalue weighted by molar-refractivity contribution is -0.275. The highest BCUT2D eigenvalue weighted by Gasteiger charge is 2.32. The average molecular weight is 517 g/mol. The average Bonchev–Trinajstić information content (AvgIpc) is 2.75. The minimum atomic E-state index is -4.95. The van der Waals surface area contributed by atoms with Crippen LogP contribution >= 0.6 is 0 Å². The molecule has 35 heavy (non-hydrogen) atoms. The number of anilines is 1. The van der Waals surface area contributed by atoms with Gasteiger partial charge in [0.1, 0.15) is 11.5 Å². The van der Waals surface area contributed by atoms with Crippen LogP contribution in [0.1, 0.15) is 21.5 Å². The molecule has 0 unspecified atom stereocenters. The van der Waals surface area contributed by atoms with Crippen molar-refractivity contribution in [2.75, 3.05) is 5.32 Å². The number of benzene rings is 3. The Bertz CT molecular complexity index is 1180. The summed E-state index contributed by atoms with van der Waals surface area (Å²) in [5.41, 5.74) is 0.953. The van der Waals surface area contributed by atoms with Gasteiger partial charge >= 0.3 is 12.7 Å². The fraction of sp³-hybridized carbons (Fsp3) is 0.174. The second-order valence-corrected chi connectivity index (χ2v) is 8.56. The second-order valence-electron chi connectivity index (χ2n) is 7.11. The highest BCUT2D eigenvalue weighted by molar-refractivity contribution is 7.83. The van der Waals surface area contributed by atoms with Gasteiger partial charge in [0.15, 0.2) is 0 Å². The van der Waals surface area contributed by atoms with Crippen LogP contribution in [0.4, 0.5) is 32.0 Å². The Morgan fingerprint density at radius 2 is 1.34 bits per heavy atom. The third kappa shape index (κ3) is 8.63. The summed E-state index contributed by atoms with van der Waals surface area (Å²) in [6, 6.07) is 16.0. The van der Waals surface area contributed by atoms with Gasteiger partial charge in [-0.05, 0) is 41.5 Å². The number of nitrogens with one attached hydrogen (secondary N) is 1. The maximum atomic E-state index is 12.7. The highest BCUT2D eigenvalue weighted by atomic mass is 32.2. The molecule has 0 saturated carbocycles. The van der Waals surface area contributed by atoms with Gasteiger partial charge in [0.25, 0.3) is 5.91 Å². The largest absolute Gasteiger partial charge is 0.573 e. The number of alkyl halides is 6. The van der Waals surface area contributed by atoms with E-state index in [1.54, 1.807) is 18.2 Å². The maximum Gasteiger partial charge on any atom is 0.573 e. The molecule has 0 aromatic heterocycles. The summed E-state index contributed by atoms with van der Waals surface area (Å²) < 4.78 is 95.2. The molecule has 5 nitrogen and oxygen atoms in total. The van der Waals surface area contributed by atoms with Crippen molar-refractivity contribution in [2.24, 2.45) is 0 Å². The Morgan fingerprint density at radius 3 is 1.94 bits per heavy atom. The molecule has 0 radical (unpaired) electrons. The molecule has 0 aliphatic heterocycles. The molecule has 3 aromatic carbocycles. The Kier molecular flexibility index (Phi) is 8.05. The monoisotopic (exact) mass is 517 g/mol. The zero-order valence-corrected chi connectivity index (χ0v) is 18.5. The van der Waals surface area contributed by atoms with Crippen molar-refractivity contribution < 1.29 is 44.8 Å². The molecule has 0 aliphatic carbocycles. The van der Waals surface area contributed by atoms with Gasteiger partial charge in [-0.3, -0.25) is 9.00 Å². The molecule has 1 amide bonds. The van der Waals surface area contributed by atoms with E-state index < -0.39 is 40.9 Å². The maximum absolute atomic E-state index is 12.7. The molecule has 3 aromatic rings. The first-order chi connectivity index (χ1) is 16.4. The fourth-order valence-corrected chi connectivity index (χ4v) is 4.24. The van der Waals surface area contributed by atoms with Crippen molar-refractivity contribution >= 4 is 22.4 Å². The molecule has 3 rings (SSSR count). The van der Waals surface area contributed by atoms with Gasteiger partial charge in [0.2, 0.25) is 0 Å². The summed E-state index contributed by atoms with van der Waals surface area (Å²) in [6.45, 7) is 0. The smallest absolute Gasteiger partial charge is 0.406 e. The predicted molar refractivity (Wildman–Crippen MR) is 116 cm³/mol. The molecule has 1 atom stereocenters. The molecular weight excluding hydrogens is 500 g/mol. The highest BCUT2D eigenvalue weighted by Crippen LogP contribution is 2.29. The van der Waals surface area contributed by atoms with Gasteiger partial charge in [-0.15, -0.1) is 26.3 Å². The molecule has 1 N–H and O–H groups in total. The number of amides is 1. The van der Waals surface area contributed by atoms with E-state index in [1.165, 1.54) is 30.3 Å². The third-order valence-corrected chi connectivity index (χ3v) is 5.69. The lowest BCUT2D eigenvalue weighted by atomic mass is 10.1. The van der Waals surface area contributed by atoms with E-state index in [1.807, 2.05) is 0 Å². The number of ether oxygens (including phenoxy) is 2. The molecular formula is C23H17F6NO4S. The molecule has 0 fully saturated rings. The lowest BCUT2D eigenvalue weighted by Crippen LogP contribution is -2.18. The summed E-state index contributed by atoms with van der Waals surface area (Å²) in [4.78, 5) is 12.5. The van der Waals surface area contributed by atoms with Crippen molar-refractivity contribution in [3.05, 3.63) is 89.5 Å². The van der Waals surface area contributed by atoms with Crippen LogP contribution in [0.2, 0.25) is 0 Å². The van der Waals surface area contributed by atoms with Gasteiger partial charge in [-0.25, -0.2) is 0 Å². The lowest BCUT2D eigenvalue weighted by Gasteiger charge is -2.15. The van der Waals surface area contributed by atoms with E-state index in [0.29, 0.717) is 5.56 Å². The van der Waals surface area contributed by atoms with Crippen LogP contribution in [-0.4, -0.2) is 22.8 Å². The summed E-state index contributed by atoms with van der Waals surface area (Å²) >= 11 is 0. The van der Waals surface area contributed by atoms with Gasteiger partial charge in [0, 0.05) is 33.9 Å². The number of halogens is 6.